The van der Waals surface area contributed by atoms with Gasteiger partial charge in [0, 0.05) is 11.9 Å². The summed E-state index contributed by atoms with van der Waals surface area (Å²) in [6.07, 6.45) is 0. The van der Waals surface area contributed by atoms with E-state index in [4.69, 9.17) is 21.4 Å². The predicted molar refractivity (Wildman–Crippen MR) is 91.8 cm³/mol. The van der Waals surface area contributed by atoms with Crippen LogP contribution in [0.15, 0.2) is 22.6 Å². The van der Waals surface area contributed by atoms with Crippen LogP contribution in [0.4, 0.5) is 0 Å². The van der Waals surface area contributed by atoms with Gasteiger partial charge in [-0.05, 0) is 44.3 Å². The third kappa shape index (κ3) is 2.80. The van der Waals surface area contributed by atoms with Gasteiger partial charge in [0.15, 0.2) is 10.6 Å². The normalized spacial score (nSPS) is 11.0. The maximum absolute atomic E-state index is 12.6. The lowest BCUT2D eigenvalue weighted by atomic mass is 10.1. The topological polar surface area (TPSA) is 85.1 Å². The smallest absolute Gasteiger partial charge is 0.255 e. The first-order valence-electron chi connectivity index (χ1n) is 7.54. The molecule has 2 N–H and O–H groups in total. The van der Waals surface area contributed by atoms with Crippen LogP contribution in [0.1, 0.15) is 28.9 Å². The first-order chi connectivity index (χ1) is 11.5. The average Bonchev–Trinajstić information content (AvgIpc) is 3.10. The Morgan fingerprint density at radius 2 is 2.29 bits per heavy atom. The molecule has 0 bridgehead atoms. The number of nitrogens with zero attached hydrogens (tertiary/aromatic N) is 2. The second-order valence-electron chi connectivity index (χ2n) is 5.27. The highest BCUT2D eigenvalue weighted by Gasteiger charge is 2.19. The zero-order valence-corrected chi connectivity index (χ0v) is 14.5. The monoisotopic (exact) mass is 346 g/mol. The number of amides is 1. The molecule has 0 atom stereocenters. The van der Waals surface area contributed by atoms with Crippen molar-refractivity contribution in [3.8, 4) is 5.75 Å². The highest BCUT2D eigenvalue weighted by Crippen LogP contribution is 2.29. The Bertz CT molecular complexity index is 954. The van der Waals surface area contributed by atoms with Crippen molar-refractivity contribution >= 4 is 29.1 Å². The van der Waals surface area contributed by atoms with E-state index >= 15 is 0 Å². The summed E-state index contributed by atoms with van der Waals surface area (Å²) in [7, 11) is 1.58. The van der Waals surface area contributed by atoms with E-state index in [9.17, 15) is 4.79 Å². The molecule has 0 fully saturated rings. The molecule has 0 aliphatic heterocycles. The fourth-order valence-electron chi connectivity index (χ4n) is 2.67. The second kappa shape index (κ2) is 6.48. The number of benzene rings is 1. The molecule has 8 heteroatoms. The van der Waals surface area contributed by atoms with E-state index in [1.165, 1.54) is 0 Å². The van der Waals surface area contributed by atoms with Crippen LogP contribution in [0.3, 0.4) is 0 Å². The summed E-state index contributed by atoms with van der Waals surface area (Å²) < 4.78 is 13.3. The lowest BCUT2D eigenvalue weighted by molar-refractivity contribution is 0.0949. The van der Waals surface area contributed by atoms with E-state index < -0.39 is 0 Å². The molecule has 7 nitrogen and oxygen atoms in total. The molecular weight excluding hydrogens is 328 g/mol. The van der Waals surface area contributed by atoms with E-state index in [-0.39, 0.29) is 12.5 Å². The molecule has 2 aromatic heterocycles. The van der Waals surface area contributed by atoms with Crippen LogP contribution in [-0.2, 0) is 13.1 Å². The summed E-state index contributed by atoms with van der Waals surface area (Å²) in [6.45, 7) is 4.70. The molecule has 3 rings (SSSR count). The van der Waals surface area contributed by atoms with Gasteiger partial charge in [0.25, 0.3) is 5.91 Å². The standard InChI is InChI=1S/C16H18N4O3S/c1-4-20-13(18-19-16(20)24)8-17-15(21)14-9(2)23-12-6-5-10(22-3)7-11(12)14/h5-7H,4,8H2,1-3H3,(H,17,21)(H,19,24). The van der Waals surface area contributed by atoms with Crippen LogP contribution in [0.5, 0.6) is 5.75 Å². The second-order valence-corrected chi connectivity index (χ2v) is 5.65. The molecule has 0 saturated carbocycles. The number of fused-ring (bicyclic) bond motifs is 1. The SMILES string of the molecule is CCn1c(CNC(=O)c2c(C)oc3ccc(OC)cc23)n[nH]c1=S. The van der Waals surface area contributed by atoms with Crippen molar-refractivity contribution in [2.45, 2.75) is 26.9 Å². The number of nitrogens with one attached hydrogen (secondary N) is 2. The van der Waals surface area contributed by atoms with Gasteiger partial charge < -0.3 is 19.0 Å². The first kappa shape index (κ1) is 16.3. The first-order valence-corrected chi connectivity index (χ1v) is 7.95. The number of aromatic amines is 1. The van der Waals surface area contributed by atoms with Gasteiger partial charge in [0.2, 0.25) is 0 Å². The third-order valence-corrected chi connectivity index (χ3v) is 4.17. The van der Waals surface area contributed by atoms with Crippen molar-refractivity contribution in [3.05, 3.63) is 40.1 Å². The summed E-state index contributed by atoms with van der Waals surface area (Å²) >= 11 is 5.15. The zero-order chi connectivity index (χ0) is 17.3. The van der Waals surface area contributed by atoms with Crippen LogP contribution in [0.2, 0.25) is 0 Å². The highest BCUT2D eigenvalue weighted by molar-refractivity contribution is 7.71. The Morgan fingerprint density at radius 3 is 3.00 bits per heavy atom. The number of H-pyrrole nitrogens is 1. The summed E-state index contributed by atoms with van der Waals surface area (Å²) in [5.74, 6) is 1.68. The van der Waals surface area contributed by atoms with E-state index in [1.54, 1.807) is 32.2 Å². The van der Waals surface area contributed by atoms with Gasteiger partial charge in [-0.15, -0.1) is 0 Å². The molecule has 0 saturated heterocycles. The molecule has 2 heterocycles. The predicted octanol–water partition coefficient (Wildman–Crippen LogP) is 2.95. The number of carbonyl (C=O) groups is 1. The number of furan rings is 1. The Kier molecular flexibility index (Phi) is 4.39. The number of hydrogen-bond acceptors (Lipinski definition) is 5. The number of aromatic nitrogens is 3. The van der Waals surface area contributed by atoms with E-state index in [1.807, 2.05) is 11.5 Å². The minimum absolute atomic E-state index is 0.226. The lowest BCUT2D eigenvalue weighted by Crippen LogP contribution is -2.25. The largest absolute Gasteiger partial charge is 0.497 e. The van der Waals surface area contributed by atoms with Crippen molar-refractivity contribution < 1.29 is 13.9 Å². The van der Waals surface area contributed by atoms with Crippen LogP contribution < -0.4 is 10.1 Å². The average molecular weight is 346 g/mol. The highest BCUT2D eigenvalue weighted by atomic mass is 32.1. The van der Waals surface area contributed by atoms with Crippen molar-refractivity contribution in [1.29, 1.82) is 0 Å². The molecule has 24 heavy (non-hydrogen) atoms. The van der Waals surface area contributed by atoms with Gasteiger partial charge in [-0.3, -0.25) is 9.89 Å². The fourth-order valence-corrected chi connectivity index (χ4v) is 2.95. The molecule has 0 aliphatic rings. The Morgan fingerprint density at radius 1 is 1.50 bits per heavy atom. The fraction of sp³-hybridized carbons (Fsp3) is 0.312. The minimum atomic E-state index is -0.226. The maximum atomic E-state index is 12.6. The van der Waals surface area contributed by atoms with Gasteiger partial charge in [-0.2, -0.15) is 5.10 Å². The third-order valence-electron chi connectivity index (χ3n) is 3.86. The van der Waals surface area contributed by atoms with Crippen molar-refractivity contribution in [1.82, 2.24) is 20.1 Å². The molecule has 1 aromatic carbocycles. The van der Waals surface area contributed by atoms with Gasteiger partial charge in [0.1, 0.15) is 17.1 Å². The number of ether oxygens (including phenoxy) is 1. The van der Waals surface area contributed by atoms with Crippen molar-refractivity contribution in [2.24, 2.45) is 0 Å². The number of rotatable bonds is 5. The molecule has 0 unspecified atom stereocenters. The summed E-state index contributed by atoms with van der Waals surface area (Å²) in [6, 6.07) is 5.38. The van der Waals surface area contributed by atoms with Crippen LogP contribution in [-0.4, -0.2) is 27.8 Å². The van der Waals surface area contributed by atoms with Crippen LogP contribution >= 0.6 is 12.2 Å². The maximum Gasteiger partial charge on any atom is 0.255 e. The van der Waals surface area contributed by atoms with E-state index in [2.05, 4.69) is 15.5 Å². The minimum Gasteiger partial charge on any atom is -0.497 e. The van der Waals surface area contributed by atoms with Crippen LogP contribution in [0, 0.1) is 11.7 Å². The molecule has 1 amide bonds. The summed E-state index contributed by atoms with van der Waals surface area (Å²) in [4.78, 5) is 12.6. The van der Waals surface area contributed by atoms with E-state index in [0.29, 0.717) is 39.8 Å². The molecule has 0 radical (unpaired) electrons. The number of hydrogen-bond donors (Lipinski definition) is 2. The summed E-state index contributed by atoms with van der Waals surface area (Å²) in [5, 5.41) is 10.5. The Balaban J connectivity index is 1.88. The van der Waals surface area contributed by atoms with Gasteiger partial charge >= 0.3 is 0 Å². The number of carbonyl (C=O) groups excluding carboxylic acids is 1. The zero-order valence-electron chi connectivity index (χ0n) is 13.7. The molecule has 3 aromatic rings. The molecule has 0 aliphatic carbocycles. The Hall–Kier alpha value is -2.61. The summed E-state index contributed by atoms with van der Waals surface area (Å²) in [5.41, 5.74) is 1.15. The van der Waals surface area contributed by atoms with Gasteiger partial charge in [-0.25, -0.2) is 0 Å². The van der Waals surface area contributed by atoms with Crippen molar-refractivity contribution in [2.75, 3.05) is 7.11 Å². The van der Waals surface area contributed by atoms with Gasteiger partial charge in [-0.1, -0.05) is 0 Å². The number of methoxy groups -OCH3 is 1. The lowest BCUT2D eigenvalue weighted by Gasteiger charge is -2.06. The molecule has 126 valence electrons. The van der Waals surface area contributed by atoms with Crippen molar-refractivity contribution in [3.63, 3.8) is 0 Å². The van der Waals surface area contributed by atoms with Crippen LogP contribution in [0.25, 0.3) is 11.0 Å². The number of aryl methyl sites for hydroxylation is 1. The van der Waals surface area contributed by atoms with E-state index in [0.717, 1.165) is 5.39 Å². The Labute approximate surface area is 143 Å². The molecule has 0 spiro atoms. The van der Waals surface area contributed by atoms with Gasteiger partial charge in [0.05, 0.1) is 19.2 Å². The molecular formula is C16H18N4O3S. The quantitative estimate of drug-likeness (QED) is 0.694.